The quantitative estimate of drug-likeness (QED) is 0.694. The summed E-state index contributed by atoms with van der Waals surface area (Å²) in [6.45, 7) is 10.5. The Morgan fingerprint density at radius 3 is 2.87 bits per heavy atom. The lowest BCUT2D eigenvalue weighted by Gasteiger charge is -2.30. The minimum Gasteiger partial charge on any atom is -0.313 e. The van der Waals surface area contributed by atoms with Gasteiger partial charge in [0.05, 0.1) is 0 Å². The van der Waals surface area contributed by atoms with E-state index in [1.807, 2.05) is 6.08 Å². The minimum absolute atomic E-state index is 0.614. The number of likely N-dealkylation sites (N-methyl/N-ethyl adjacent to an activating group) is 1. The Kier molecular flexibility index (Phi) is 5.29. The molecule has 0 aliphatic carbocycles. The third-order valence-electron chi connectivity index (χ3n) is 3.01. The molecule has 2 atom stereocenters. The molecule has 0 saturated carbocycles. The van der Waals surface area contributed by atoms with Crippen LogP contribution in [0.4, 0.5) is 0 Å². The van der Waals surface area contributed by atoms with Gasteiger partial charge in [0.15, 0.2) is 0 Å². The first-order valence-corrected chi connectivity index (χ1v) is 5.86. The van der Waals surface area contributed by atoms with Crippen molar-refractivity contribution in [3.63, 3.8) is 0 Å². The highest BCUT2D eigenvalue weighted by Crippen LogP contribution is 2.08. The molecular weight excluding hydrogens is 186 g/mol. The Bertz CT molecular complexity index is 191. The molecule has 1 heterocycles. The van der Waals surface area contributed by atoms with Crippen LogP contribution in [0.1, 0.15) is 13.3 Å². The molecule has 15 heavy (non-hydrogen) atoms. The predicted molar refractivity (Wildman–Crippen MR) is 66.2 cm³/mol. The zero-order valence-corrected chi connectivity index (χ0v) is 10.4. The summed E-state index contributed by atoms with van der Waals surface area (Å²) in [5.41, 5.74) is 0. The van der Waals surface area contributed by atoms with E-state index in [9.17, 15) is 0 Å². The predicted octanol–water partition coefficient (Wildman–Crippen LogP) is 0.786. The highest BCUT2D eigenvalue weighted by Gasteiger charge is 2.22. The van der Waals surface area contributed by atoms with Gasteiger partial charge in [0, 0.05) is 38.3 Å². The molecule has 0 aromatic heterocycles. The summed E-state index contributed by atoms with van der Waals surface area (Å²) in [4.78, 5) is 4.79. The first-order valence-electron chi connectivity index (χ1n) is 5.86. The van der Waals surface area contributed by atoms with Crippen molar-refractivity contribution < 1.29 is 0 Å². The molecule has 1 rings (SSSR count). The standard InChI is InChI=1S/C12H25N3/c1-5-7-15-8-6-11(2)13-9-12(15)10-14(3)4/h5,11-13H,1,6-10H2,2-4H3. The van der Waals surface area contributed by atoms with Crippen molar-refractivity contribution in [2.45, 2.75) is 25.4 Å². The molecule has 1 saturated heterocycles. The lowest BCUT2D eigenvalue weighted by atomic mass is 10.2. The van der Waals surface area contributed by atoms with Gasteiger partial charge in [-0.05, 0) is 27.4 Å². The zero-order valence-electron chi connectivity index (χ0n) is 10.4. The maximum atomic E-state index is 3.84. The van der Waals surface area contributed by atoms with Crippen molar-refractivity contribution in [3.8, 4) is 0 Å². The van der Waals surface area contributed by atoms with Crippen molar-refractivity contribution >= 4 is 0 Å². The van der Waals surface area contributed by atoms with Crippen molar-refractivity contribution in [1.29, 1.82) is 0 Å². The van der Waals surface area contributed by atoms with Crippen LogP contribution in [0.25, 0.3) is 0 Å². The molecule has 1 fully saturated rings. The number of hydrogen-bond donors (Lipinski definition) is 1. The van der Waals surface area contributed by atoms with Gasteiger partial charge in [0.2, 0.25) is 0 Å². The number of hydrogen-bond acceptors (Lipinski definition) is 3. The van der Waals surface area contributed by atoms with Crippen LogP contribution >= 0.6 is 0 Å². The van der Waals surface area contributed by atoms with Gasteiger partial charge in [-0.3, -0.25) is 4.90 Å². The Balaban J connectivity index is 2.55. The SMILES string of the molecule is C=CCN1CCC(C)NCC1CN(C)C. The van der Waals surface area contributed by atoms with Crippen molar-refractivity contribution in [1.82, 2.24) is 15.1 Å². The highest BCUT2D eigenvalue weighted by molar-refractivity contribution is 4.86. The fourth-order valence-corrected chi connectivity index (χ4v) is 2.12. The van der Waals surface area contributed by atoms with Gasteiger partial charge in [-0.1, -0.05) is 6.08 Å². The molecule has 1 aliphatic heterocycles. The average molecular weight is 211 g/mol. The lowest BCUT2D eigenvalue weighted by molar-refractivity contribution is 0.188. The van der Waals surface area contributed by atoms with Gasteiger partial charge in [-0.2, -0.15) is 0 Å². The maximum absolute atomic E-state index is 3.84. The normalized spacial score (nSPS) is 29.1. The summed E-state index contributed by atoms with van der Waals surface area (Å²) < 4.78 is 0. The van der Waals surface area contributed by atoms with Gasteiger partial charge in [-0.25, -0.2) is 0 Å². The second kappa shape index (κ2) is 6.26. The van der Waals surface area contributed by atoms with Gasteiger partial charge in [0.25, 0.3) is 0 Å². The molecule has 0 amide bonds. The first kappa shape index (κ1) is 12.7. The molecule has 1 aliphatic rings. The third-order valence-corrected chi connectivity index (χ3v) is 3.01. The molecule has 0 aromatic rings. The molecule has 0 spiro atoms. The van der Waals surface area contributed by atoms with E-state index in [0.717, 1.165) is 19.6 Å². The summed E-state index contributed by atoms with van der Waals surface area (Å²) in [6.07, 6.45) is 3.25. The van der Waals surface area contributed by atoms with Gasteiger partial charge in [0.1, 0.15) is 0 Å². The first-order chi connectivity index (χ1) is 7.13. The van der Waals surface area contributed by atoms with Crippen LogP contribution in [-0.2, 0) is 0 Å². The second-order valence-corrected chi connectivity index (χ2v) is 4.80. The van der Waals surface area contributed by atoms with Crippen molar-refractivity contribution in [2.75, 3.05) is 40.3 Å². The van der Waals surface area contributed by atoms with Gasteiger partial charge >= 0.3 is 0 Å². The van der Waals surface area contributed by atoms with Crippen molar-refractivity contribution in [3.05, 3.63) is 12.7 Å². The monoisotopic (exact) mass is 211 g/mol. The van der Waals surface area contributed by atoms with Gasteiger partial charge < -0.3 is 10.2 Å². The summed E-state index contributed by atoms with van der Waals surface area (Å²) in [5.74, 6) is 0. The molecule has 2 unspecified atom stereocenters. The summed E-state index contributed by atoms with van der Waals surface area (Å²) in [5, 5.41) is 3.59. The third kappa shape index (κ3) is 4.33. The van der Waals surface area contributed by atoms with E-state index in [-0.39, 0.29) is 0 Å². The Morgan fingerprint density at radius 2 is 2.27 bits per heavy atom. The number of nitrogens with one attached hydrogen (secondary N) is 1. The number of nitrogens with zero attached hydrogens (tertiary/aromatic N) is 2. The summed E-state index contributed by atoms with van der Waals surface area (Å²) >= 11 is 0. The molecule has 0 aromatic carbocycles. The van der Waals surface area contributed by atoms with Crippen molar-refractivity contribution in [2.24, 2.45) is 0 Å². The molecule has 88 valence electrons. The fraction of sp³-hybridized carbons (Fsp3) is 0.833. The minimum atomic E-state index is 0.614. The van der Waals surface area contributed by atoms with E-state index in [2.05, 4.69) is 42.7 Å². The van der Waals surface area contributed by atoms with E-state index in [0.29, 0.717) is 12.1 Å². The molecule has 0 radical (unpaired) electrons. The molecule has 1 N–H and O–H groups in total. The second-order valence-electron chi connectivity index (χ2n) is 4.80. The van der Waals surface area contributed by atoms with Crippen LogP contribution in [0.15, 0.2) is 12.7 Å². The largest absolute Gasteiger partial charge is 0.313 e. The van der Waals surface area contributed by atoms with Crippen LogP contribution < -0.4 is 5.32 Å². The fourth-order valence-electron chi connectivity index (χ4n) is 2.12. The number of rotatable bonds is 4. The van der Waals surface area contributed by atoms with E-state index in [4.69, 9.17) is 0 Å². The lowest BCUT2D eigenvalue weighted by Crippen LogP contribution is -2.46. The Labute approximate surface area is 94.1 Å². The average Bonchev–Trinajstić information content (AvgIpc) is 2.32. The van der Waals surface area contributed by atoms with E-state index in [1.165, 1.54) is 13.0 Å². The Hall–Kier alpha value is -0.380. The van der Waals surface area contributed by atoms with E-state index in [1.54, 1.807) is 0 Å². The summed E-state index contributed by atoms with van der Waals surface area (Å²) in [6, 6.07) is 1.26. The van der Waals surface area contributed by atoms with Crippen LogP contribution in [-0.4, -0.2) is 62.2 Å². The van der Waals surface area contributed by atoms with Crippen LogP contribution in [0.3, 0.4) is 0 Å². The summed E-state index contributed by atoms with van der Waals surface area (Å²) in [7, 11) is 4.28. The molecule has 3 heteroatoms. The zero-order chi connectivity index (χ0) is 11.3. The Morgan fingerprint density at radius 1 is 1.53 bits per heavy atom. The smallest absolute Gasteiger partial charge is 0.0351 e. The maximum Gasteiger partial charge on any atom is 0.0351 e. The van der Waals surface area contributed by atoms with Crippen LogP contribution in [0.5, 0.6) is 0 Å². The molecular formula is C12H25N3. The molecule has 0 bridgehead atoms. The van der Waals surface area contributed by atoms with Crippen LogP contribution in [0, 0.1) is 0 Å². The highest BCUT2D eigenvalue weighted by atomic mass is 15.2. The van der Waals surface area contributed by atoms with Gasteiger partial charge in [-0.15, -0.1) is 6.58 Å². The topological polar surface area (TPSA) is 18.5 Å². The van der Waals surface area contributed by atoms with E-state index >= 15 is 0 Å². The molecule has 3 nitrogen and oxygen atoms in total. The van der Waals surface area contributed by atoms with Crippen LogP contribution in [0.2, 0.25) is 0 Å². The van der Waals surface area contributed by atoms with E-state index < -0.39 is 0 Å².